The Morgan fingerprint density at radius 3 is 3.00 bits per heavy atom. The average molecular weight is 232 g/mol. The number of rotatable bonds is 2. The predicted molar refractivity (Wildman–Crippen MR) is 61.1 cm³/mol. The average Bonchev–Trinajstić information content (AvgIpc) is 2.49. The number of fused-ring (bicyclic) bond motifs is 1. The highest BCUT2D eigenvalue weighted by Crippen LogP contribution is 2.20. The normalized spacial score (nSPS) is 10.1. The highest BCUT2D eigenvalue weighted by Gasteiger charge is 2.03. The van der Waals surface area contributed by atoms with Gasteiger partial charge in [-0.25, -0.2) is 4.98 Å². The quantitative estimate of drug-likeness (QED) is 0.833. The van der Waals surface area contributed by atoms with Gasteiger partial charge in [-0.15, -0.1) is 12.4 Å². The molecule has 76 valence electrons. The summed E-state index contributed by atoms with van der Waals surface area (Å²) < 4.78 is 0. The van der Waals surface area contributed by atoms with Gasteiger partial charge in [0, 0.05) is 17.8 Å². The zero-order valence-electron chi connectivity index (χ0n) is 7.46. The van der Waals surface area contributed by atoms with Crippen molar-refractivity contribution in [3.05, 3.63) is 29.0 Å². The van der Waals surface area contributed by atoms with Crippen molar-refractivity contribution >= 4 is 35.0 Å². The van der Waals surface area contributed by atoms with Crippen molar-refractivity contribution in [1.82, 2.24) is 9.97 Å². The van der Waals surface area contributed by atoms with Gasteiger partial charge in [0.1, 0.15) is 5.65 Å². The maximum absolute atomic E-state index is 5.84. The van der Waals surface area contributed by atoms with Crippen LogP contribution >= 0.6 is 24.0 Å². The van der Waals surface area contributed by atoms with Crippen LogP contribution in [0.25, 0.3) is 11.0 Å². The zero-order chi connectivity index (χ0) is 9.26. The Labute approximate surface area is 93.1 Å². The summed E-state index contributed by atoms with van der Waals surface area (Å²) >= 11 is 5.84. The van der Waals surface area contributed by atoms with Crippen LogP contribution < -0.4 is 5.73 Å². The molecule has 0 fully saturated rings. The van der Waals surface area contributed by atoms with E-state index in [1.165, 1.54) is 5.56 Å². The maximum atomic E-state index is 5.84. The number of nitrogens with two attached hydrogens (primary N) is 1. The number of nitrogens with zero attached hydrogens (tertiary/aromatic N) is 1. The molecule has 0 saturated heterocycles. The minimum atomic E-state index is 0. The van der Waals surface area contributed by atoms with Crippen LogP contribution in [0, 0.1) is 0 Å². The molecule has 0 aliphatic carbocycles. The van der Waals surface area contributed by atoms with Crippen LogP contribution in [0.2, 0.25) is 5.02 Å². The van der Waals surface area contributed by atoms with Gasteiger partial charge in [-0.05, 0) is 24.6 Å². The van der Waals surface area contributed by atoms with Crippen molar-refractivity contribution in [3.8, 4) is 0 Å². The Morgan fingerprint density at radius 2 is 2.29 bits per heavy atom. The van der Waals surface area contributed by atoms with Crippen molar-refractivity contribution in [2.24, 2.45) is 5.73 Å². The first kappa shape index (κ1) is 11.3. The molecule has 2 heterocycles. The molecule has 0 bridgehead atoms. The van der Waals surface area contributed by atoms with Crippen molar-refractivity contribution in [2.45, 2.75) is 6.42 Å². The van der Waals surface area contributed by atoms with Crippen molar-refractivity contribution < 1.29 is 0 Å². The number of nitrogens with one attached hydrogen (secondary N) is 1. The minimum absolute atomic E-state index is 0. The third-order valence-corrected chi connectivity index (χ3v) is 2.20. The van der Waals surface area contributed by atoms with Crippen LogP contribution in [0.4, 0.5) is 0 Å². The largest absolute Gasteiger partial charge is 0.346 e. The fraction of sp³-hybridized carbons (Fsp3) is 0.222. The number of halogens is 2. The summed E-state index contributed by atoms with van der Waals surface area (Å²) in [4.78, 5) is 7.23. The lowest BCUT2D eigenvalue weighted by molar-refractivity contribution is 0.976. The molecule has 0 spiro atoms. The molecule has 0 saturated carbocycles. The van der Waals surface area contributed by atoms with Crippen LogP contribution in [0.15, 0.2) is 18.5 Å². The molecule has 2 aromatic heterocycles. The highest BCUT2D eigenvalue weighted by atomic mass is 35.5. The lowest BCUT2D eigenvalue weighted by Crippen LogP contribution is -2.01. The molecule has 0 aliphatic rings. The number of hydrogen-bond donors (Lipinski definition) is 2. The topological polar surface area (TPSA) is 54.7 Å². The molecule has 3 nitrogen and oxygen atoms in total. The SMILES string of the molecule is Cl.NCCc1c[nH]c2ncc(Cl)cc12. The summed E-state index contributed by atoms with van der Waals surface area (Å²) in [7, 11) is 0. The van der Waals surface area contributed by atoms with Gasteiger partial charge in [-0.3, -0.25) is 0 Å². The van der Waals surface area contributed by atoms with Gasteiger partial charge in [-0.2, -0.15) is 0 Å². The Kier molecular flexibility index (Phi) is 3.75. The Morgan fingerprint density at radius 1 is 1.50 bits per heavy atom. The van der Waals surface area contributed by atoms with E-state index in [0.29, 0.717) is 11.6 Å². The molecule has 3 N–H and O–H groups in total. The van der Waals surface area contributed by atoms with Crippen molar-refractivity contribution in [3.63, 3.8) is 0 Å². The molecule has 0 aliphatic heterocycles. The van der Waals surface area contributed by atoms with E-state index in [9.17, 15) is 0 Å². The zero-order valence-corrected chi connectivity index (χ0v) is 9.03. The van der Waals surface area contributed by atoms with E-state index in [0.717, 1.165) is 17.5 Å². The Bertz CT molecular complexity index is 425. The molecular formula is C9H11Cl2N3. The highest BCUT2D eigenvalue weighted by molar-refractivity contribution is 6.31. The molecule has 0 atom stereocenters. The first-order chi connectivity index (χ1) is 6.31. The summed E-state index contributed by atoms with van der Waals surface area (Å²) in [6, 6.07) is 1.91. The van der Waals surface area contributed by atoms with Gasteiger partial charge in [0.25, 0.3) is 0 Å². The van der Waals surface area contributed by atoms with Gasteiger partial charge in [0.05, 0.1) is 5.02 Å². The van der Waals surface area contributed by atoms with E-state index in [2.05, 4.69) is 9.97 Å². The van der Waals surface area contributed by atoms with E-state index < -0.39 is 0 Å². The van der Waals surface area contributed by atoms with Crippen LogP contribution in [0.3, 0.4) is 0 Å². The Balaban J connectivity index is 0.000000980. The monoisotopic (exact) mass is 231 g/mol. The maximum Gasteiger partial charge on any atom is 0.137 e. The number of pyridine rings is 1. The second-order valence-corrected chi connectivity index (χ2v) is 3.34. The van der Waals surface area contributed by atoms with E-state index in [4.69, 9.17) is 17.3 Å². The fourth-order valence-corrected chi connectivity index (χ4v) is 1.55. The number of aromatic nitrogens is 2. The molecule has 2 aromatic rings. The Hall–Kier alpha value is -0.770. The standard InChI is InChI=1S/C9H10ClN3.ClH/c10-7-3-8-6(1-2-11)4-12-9(8)13-5-7;/h3-5H,1-2,11H2,(H,12,13);1H. The molecule has 14 heavy (non-hydrogen) atoms. The van der Waals surface area contributed by atoms with Crippen LogP contribution in [0.1, 0.15) is 5.56 Å². The first-order valence-electron chi connectivity index (χ1n) is 4.13. The van der Waals surface area contributed by atoms with Gasteiger partial charge >= 0.3 is 0 Å². The van der Waals surface area contributed by atoms with E-state index in [1.807, 2.05) is 12.3 Å². The lowest BCUT2D eigenvalue weighted by Gasteiger charge is -1.95. The molecule has 0 amide bonds. The number of aromatic amines is 1. The summed E-state index contributed by atoms with van der Waals surface area (Å²) in [6.07, 6.45) is 4.41. The second kappa shape index (κ2) is 4.64. The third kappa shape index (κ3) is 2.00. The smallest absolute Gasteiger partial charge is 0.137 e. The van der Waals surface area contributed by atoms with E-state index in [-0.39, 0.29) is 12.4 Å². The molecule has 2 rings (SSSR count). The minimum Gasteiger partial charge on any atom is -0.346 e. The summed E-state index contributed by atoms with van der Waals surface area (Å²) in [6.45, 7) is 0.638. The molecule has 0 unspecified atom stereocenters. The summed E-state index contributed by atoms with van der Waals surface area (Å²) in [5.41, 5.74) is 7.52. The van der Waals surface area contributed by atoms with Gasteiger partial charge < -0.3 is 10.7 Å². The fourth-order valence-electron chi connectivity index (χ4n) is 1.39. The molecule has 0 aromatic carbocycles. The summed E-state index contributed by atoms with van der Waals surface area (Å²) in [5, 5.41) is 1.73. The van der Waals surface area contributed by atoms with Crippen LogP contribution in [-0.2, 0) is 6.42 Å². The number of H-pyrrole nitrogens is 1. The van der Waals surface area contributed by atoms with Crippen LogP contribution in [0.5, 0.6) is 0 Å². The van der Waals surface area contributed by atoms with Crippen LogP contribution in [-0.4, -0.2) is 16.5 Å². The number of hydrogen-bond acceptors (Lipinski definition) is 2. The third-order valence-electron chi connectivity index (χ3n) is 2.00. The lowest BCUT2D eigenvalue weighted by atomic mass is 10.1. The first-order valence-corrected chi connectivity index (χ1v) is 4.50. The summed E-state index contributed by atoms with van der Waals surface area (Å²) in [5.74, 6) is 0. The molecule has 5 heteroatoms. The van der Waals surface area contributed by atoms with E-state index in [1.54, 1.807) is 6.20 Å². The predicted octanol–water partition coefficient (Wildman–Crippen LogP) is 2.14. The molecule has 0 radical (unpaired) electrons. The van der Waals surface area contributed by atoms with E-state index >= 15 is 0 Å². The van der Waals surface area contributed by atoms with Gasteiger partial charge in [-0.1, -0.05) is 11.6 Å². The second-order valence-electron chi connectivity index (χ2n) is 2.90. The van der Waals surface area contributed by atoms with Crippen molar-refractivity contribution in [2.75, 3.05) is 6.54 Å². The van der Waals surface area contributed by atoms with Crippen molar-refractivity contribution in [1.29, 1.82) is 0 Å². The molecular weight excluding hydrogens is 221 g/mol. The van der Waals surface area contributed by atoms with Gasteiger partial charge in [0.15, 0.2) is 0 Å². The van der Waals surface area contributed by atoms with Gasteiger partial charge in [0.2, 0.25) is 0 Å².